The van der Waals surface area contributed by atoms with Gasteiger partial charge in [0.25, 0.3) is 0 Å². The minimum Gasteiger partial charge on any atom is -0.493 e. The first kappa shape index (κ1) is 12.0. The van der Waals surface area contributed by atoms with Gasteiger partial charge >= 0.3 is 0 Å². The second-order valence-corrected chi connectivity index (χ2v) is 4.39. The SMILES string of the molecule is Cc1ccc(Cl)cc1OCCc1ccnn1C. The van der Waals surface area contributed by atoms with Crippen LogP contribution >= 0.6 is 11.6 Å². The van der Waals surface area contributed by atoms with E-state index in [1.165, 1.54) is 0 Å². The second-order valence-electron chi connectivity index (χ2n) is 3.95. The molecule has 0 saturated heterocycles. The van der Waals surface area contributed by atoms with Crippen molar-refractivity contribution < 1.29 is 4.74 Å². The van der Waals surface area contributed by atoms with Gasteiger partial charge in [0.05, 0.1) is 6.61 Å². The van der Waals surface area contributed by atoms with Crippen LogP contribution in [-0.4, -0.2) is 16.4 Å². The molecule has 0 atom stereocenters. The van der Waals surface area contributed by atoms with E-state index in [9.17, 15) is 0 Å². The van der Waals surface area contributed by atoms with Gasteiger partial charge < -0.3 is 4.74 Å². The van der Waals surface area contributed by atoms with Gasteiger partial charge in [0, 0.05) is 30.4 Å². The van der Waals surface area contributed by atoms with Crippen molar-refractivity contribution in [2.24, 2.45) is 7.05 Å². The van der Waals surface area contributed by atoms with Crippen LogP contribution in [0.5, 0.6) is 5.75 Å². The van der Waals surface area contributed by atoms with Crippen molar-refractivity contribution in [3.8, 4) is 5.75 Å². The predicted molar refractivity (Wildman–Crippen MR) is 68.6 cm³/mol. The molecule has 0 saturated carbocycles. The molecule has 0 unspecified atom stereocenters. The monoisotopic (exact) mass is 250 g/mol. The molecule has 2 aromatic rings. The predicted octanol–water partition coefficient (Wildman–Crippen LogP) is 3.00. The van der Waals surface area contributed by atoms with Crippen LogP contribution in [0.25, 0.3) is 0 Å². The lowest BCUT2D eigenvalue weighted by Crippen LogP contribution is -2.06. The topological polar surface area (TPSA) is 27.1 Å². The Balaban J connectivity index is 1.94. The maximum absolute atomic E-state index is 5.93. The fraction of sp³-hybridized carbons (Fsp3) is 0.308. The van der Waals surface area contributed by atoms with Gasteiger partial charge in [-0.2, -0.15) is 5.10 Å². The lowest BCUT2D eigenvalue weighted by molar-refractivity contribution is 0.316. The molecule has 0 amide bonds. The van der Waals surface area contributed by atoms with Crippen LogP contribution in [-0.2, 0) is 13.5 Å². The van der Waals surface area contributed by atoms with Crippen molar-refractivity contribution in [1.29, 1.82) is 0 Å². The molecular formula is C13H15ClN2O. The molecule has 3 nitrogen and oxygen atoms in total. The molecule has 0 fully saturated rings. The quantitative estimate of drug-likeness (QED) is 0.834. The molecule has 0 bridgehead atoms. The number of benzene rings is 1. The molecule has 0 aliphatic heterocycles. The highest BCUT2D eigenvalue weighted by Gasteiger charge is 2.02. The summed E-state index contributed by atoms with van der Waals surface area (Å²) in [6.45, 7) is 2.64. The third-order valence-corrected chi connectivity index (χ3v) is 2.92. The molecule has 1 heterocycles. The Morgan fingerprint density at radius 3 is 2.88 bits per heavy atom. The van der Waals surface area contributed by atoms with E-state index in [-0.39, 0.29) is 0 Å². The van der Waals surface area contributed by atoms with E-state index in [1.54, 1.807) is 6.20 Å². The molecule has 1 aromatic heterocycles. The Labute approximate surface area is 106 Å². The standard InChI is InChI=1S/C13H15ClN2O/c1-10-3-4-11(14)9-13(10)17-8-6-12-5-7-15-16(12)2/h3-5,7,9H,6,8H2,1-2H3. The summed E-state index contributed by atoms with van der Waals surface area (Å²) in [6.07, 6.45) is 2.63. The van der Waals surface area contributed by atoms with E-state index in [1.807, 2.05) is 42.9 Å². The Morgan fingerprint density at radius 2 is 2.18 bits per heavy atom. The van der Waals surface area contributed by atoms with Gasteiger partial charge in [-0.3, -0.25) is 4.68 Å². The van der Waals surface area contributed by atoms with E-state index in [4.69, 9.17) is 16.3 Å². The number of ether oxygens (including phenoxy) is 1. The zero-order valence-corrected chi connectivity index (χ0v) is 10.7. The van der Waals surface area contributed by atoms with Gasteiger partial charge in [-0.15, -0.1) is 0 Å². The maximum Gasteiger partial charge on any atom is 0.123 e. The van der Waals surface area contributed by atoms with E-state index in [0.29, 0.717) is 11.6 Å². The van der Waals surface area contributed by atoms with E-state index in [2.05, 4.69) is 5.10 Å². The summed E-state index contributed by atoms with van der Waals surface area (Å²) in [6, 6.07) is 7.67. The minimum absolute atomic E-state index is 0.626. The Kier molecular flexibility index (Phi) is 3.69. The van der Waals surface area contributed by atoms with Crippen molar-refractivity contribution in [3.63, 3.8) is 0 Å². The van der Waals surface area contributed by atoms with Gasteiger partial charge in [-0.1, -0.05) is 17.7 Å². The van der Waals surface area contributed by atoms with Crippen LogP contribution in [0.2, 0.25) is 5.02 Å². The first-order chi connectivity index (χ1) is 8.16. The first-order valence-corrected chi connectivity index (χ1v) is 5.90. The highest BCUT2D eigenvalue weighted by atomic mass is 35.5. The number of nitrogens with zero attached hydrogens (tertiary/aromatic N) is 2. The summed E-state index contributed by atoms with van der Waals surface area (Å²) in [5.41, 5.74) is 2.25. The van der Waals surface area contributed by atoms with Gasteiger partial charge in [0.1, 0.15) is 5.75 Å². The summed E-state index contributed by atoms with van der Waals surface area (Å²) < 4.78 is 7.58. The van der Waals surface area contributed by atoms with Crippen LogP contribution < -0.4 is 4.74 Å². The van der Waals surface area contributed by atoms with Gasteiger partial charge in [-0.25, -0.2) is 0 Å². The summed E-state index contributed by atoms with van der Waals surface area (Å²) in [4.78, 5) is 0. The average Bonchev–Trinajstić information content (AvgIpc) is 2.70. The van der Waals surface area contributed by atoms with Crippen molar-refractivity contribution >= 4 is 11.6 Å². The van der Waals surface area contributed by atoms with Crippen molar-refractivity contribution in [3.05, 3.63) is 46.7 Å². The fourth-order valence-electron chi connectivity index (χ4n) is 1.64. The van der Waals surface area contributed by atoms with Gasteiger partial charge in [0.15, 0.2) is 0 Å². The lowest BCUT2D eigenvalue weighted by atomic mass is 10.2. The zero-order chi connectivity index (χ0) is 12.3. The molecule has 0 aliphatic carbocycles. The zero-order valence-electron chi connectivity index (χ0n) is 9.98. The fourth-order valence-corrected chi connectivity index (χ4v) is 1.80. The minimum atomic E-state index is 0.626. The van der Waals surface area contributed by atoms with E-state index >= 15 is 0 Å². The van der Waals surface area contributed by atoms with Crippen molar-refractivity contribution in [2.75, 3.05) is 6.61 Å². The number of halogens is 1. The molecule has 17 heavy (non-hydrogen) atoms. The summed E-state index contributed by atoms with van der Waals surface area (Å²) in [5.74, 6) is 0.847. The van der Waals surface area contributed by atoms with Crippen molar-refractivity contribution in [2.45, 2.75) is 13.3 Å². The lowest BCUT2D eigenvalue weighted by Gasteiger charge is -2.09. The first-order valence-electron chi connectivity index (χ1n) is 5.52. The molecule has 0 aliphatic rings. The third-order valence-electron chi connectivity index (χ3n) is 2.69. The second kappa shape index (κ2) is 5.23. The van der Waals surface area contributed by atoms with Crippen LogP contribution in [0, 0.1) is 6.92 Å². The molecule has 1 aromatic carbocycles. The summed E-state index contributed by atoms with van der Waals surface area (Å²) >= 11 is 5.93. The highest BCUT2D eigenvalue weighted by Crippen LogP contribution is 2.22. The highest BCUT2D eigenvalue weighted by molar-refractivity contribution is 6.30. The Hall–Kier alpha value is -1.48. The van der Waals surface area contributed by atoms with Crippen molar-refractivity contribution in [1.82, 2.24) is 9.78 Å². The molecule has 0 spiro atoms. The van der Waals surface area contributed by atoms with E-state index < -0.39 is 0 Å². The molecule has 2 rings (SSSR count). The van der Waals surface area contributed by atoms with Gasteiger partial charge in [0.2, 0.25) is 0 Å². The molecule has 0 N–H and O–H groups in total. The Morgan fingerprint density at radius 1 is 1.35 bits per heavy atom. The summed E-state index contributed by atoms with van der Waals surface area (Å²) in [7, 11) is 1.93. The number of hydrogen-bond acceptors (Lipinski definition) is 2. The van der Waals surface area contributed by atoms with Crippen LogP contribution in [0.1, 0.15) is 11.3 Å². The van der Waals surface area contributed by atoms with Crippen LogP contribution in [0.3, 0.4) is 0 Å². The molecule has 0 radical (unpaired) electrons. The number of aromatic nitrogens is 2. The van der Waals surface area contributed by atoms with E-state index in [0.717, 1.165) is 23.4 Å². The molecular weight excluding hydrogens is 236 g/mol. The molecule has 4 heteroatoms. The summed E-state index contributed by atoms with van der Waals surface area (Å²) in [5, 5.41) is 4.81. The number of rotatable bonds is 4. The van der Waals surface area contributed by atoms with Crippen LogP contribution in [0.4, 0.5) is 0 Å². The largest absolute Gasteiger partial charge is 0.493 e. The molecule has 90 valence electrons. The normalized spacial score (nSPS) is 10.5. The third kappa shape index (κ3) is 3.01. The maximum atomic E-state index is 5.93. The number of aryl methyl sites for hydroxylation is 2. The smallest absolute Gasteiger partial charge is 0.123 e. The Bertz CT molecular complexity index is 508. The average molecular weight is 251 g/mol. The van der Waals surface area contributed by atoms with Gasteiger partial charge in [-0.05, 0) is 30.7 Å². The van der Waals surface area contributed by atoms with Crippen LogP contribution in [0.15, 0.2) is 30.5 Å². The number of hydrogen-bond donors (Lipinski definition) is 0.